The summed E-state index contributed by atoms with van der Waals surface area (Å²) in [6.07, 6.45) is -3.69. The summed E-state index contributed by atoms with van der Waals surface area (Å²) < 4.78 is 52.0. The van der Waals surface area contributed by atoms with Gasteiger partial charge >= 0.3 is 12.1 Å². The molecule has 1 heterocycles. The van der Waals surface area contributed by atoms with E-state index in [4.69, 9.17) is 9.15 Å². The van der Waals surface area contributed by atoms with Crippen molar-refractivity contribution >= 4 is 39.4 Å². The Hall–Kier alpha value is -5.43. The number of nitrogens with one attached hydrogen (secondary N) is 1. The molecule has 5 aromatic rings. The number of aliphatic carboxylic acids is 1. The van der Waals surface area contributed by atoms with Crippen molar-refractivity contribution in [2.24, 2.45) is 0 Å². The highest BCUT2D eigenvalue weighted by molar-refractivity contribution is 9.10. The Morgan fingerprint density at radius 1 is 0.938 bits per heavy atom. The van der Waals surface area contributed by atoms with Gasteiger partial charge in [-0.3, -0.25) is 14.4 Å². The van der Waals surface area contributed by atoms with Crippen molar-refractivity contribution in [3.05, 3.63) is 124 Å². The van der Waals surface area contributed by atoms with Crippen molar-refractivity contribution in [3.8, 4) is 28.5 Å². The molecule has 0 radical (unpaired) electrons. The highest BCUT2D eigenvalue weighted by atomic mass is 79.9. The second-order valence-electron chi connectivity index (χ2n) is 10.6. The van der Waals surface area contributed by atoms with Crippen molar-refractivity contribution in [2.75, 3.05) is 19.0 Å². The molecule has 246 valence electrons. The number of benzene rings is 4. The highest BCUT2D eigenvalue weighted by Crippen LogP contribution is 2.35. The molecule has 0 bridgehead atoms. The van der Waals surface area contributed by atoms with Gasteiger partial charge in [0.15, 0.2) is 0 Å². The summed E-state index contributed by atoms with van der Waals surface area (Å²) in [7, 11) is 1.25. The van der Waals surface area contributed by atoms with E-state index in [2.05, 4.69) is 26.2 Å². The van der Waals surface area contributed by atoms with Crippen molar-refractivity contribution < 1.29 is 41.8 Å². The molecular weight excluding hydrogens is 695 g/mol. The molecule has 0 aliphatic rings. The van der Waals surface area contributed by atoms with E-state index in [0.29, 0.717) is 17.1 Å². The summed E-state index contributed by atoms with van der Waals surface area (Å²) in [5, 5.41) is 12.0. The lowest BCUT2D eigenvalue weighted by atomic mass is 10.0. The van der Waals surface area contributed by atoms with Crippen LogP contribution in [0.5, 0.6) is 5.75 Å². The van der Waals surface area contributed by atoms with Gasteiger partial charge in [-0.05, 0) is 71.8 Å². The van der Waals surface area contributed by atoms with Crippen LogP contribution in [0.2, 0.25) is 0 Å². The predicted octanol–water partition coefficient (Wildman–Crippen LogP) is 7.71. The van der Waals surface area contributed by atoms with Gasteiger partial charge < -0.3 is 24.5 Å². The number of aromatic nitrogens is 1. The lowest BCUT2D eigenvalue weighted by molar-refractivity contribution is -0.139. The van der Waals surface area contributed by atoms with Crippen LogP contribution in [-0.2, 0) is 28.7 Å². The van der Waals surface area contributed by atoms with Crippen molar-refractivity contribution in [2.45, 2.75) is 19.1 Å². The minimum Gasteiger partial charge on any atom is -0.497 e. The molecule has 0 fully saturated rings. The van der Waals surface area contributed by atoms with Gasteiger partial charge in [-0.2, -0.15) is 13.2 Å². The molecule has 0 saturated heterocycles. The van der Waals surface area contributed by atoms with E-state index in [1.54, 1.807) is 24.3 Å². The molecule has 2 amide bonds. The number of methoxy groups -OCH3 is 1. The van der Waals surface area contributed by atoms with Crippen LogP contribution in [0.4, 0.5) is 18.9 Å². The van der Waals surface area contributed by atoms with Crippen LogP contribution in [-0.4, -0.2) is 46.4 Å². The van der Waals surface area contributed by atoms with Gasteiger partial charge in [0, 0.05) is 33.4 Å². The number of oxazole rings is 1. The number of anilines is 1. The lowest BCUT2D eigenvalue weighted by Gasteiger charge is -2.21. The summed E-state index contributed by atoms with van der Waals surface area (Å²) in [6, 6.07) is 23.6. The number of halogens is 4. The molecule has 13 heteroatoms. The number of amides is 2. The van der Waals surface area contributed by atoms with Crippen LogP contribution in [0.15, 0.2) is 106 Å². The van der Waals surface area contributed by atoms with E-state index in [9.17, 15) is 32.7 Å². The Labute approximate surface area is 281 Å². The first-order chi connectivity index (χ1) is 22.9. The molecule has 2 N–H and O–H groups in total. The van der Waals surface area contributed by atoms with Crippen LogP contribution >= 0.6 is 15.9 Å². The van der Waals surface area contributed by atoms with Crippen molar-refractivity contribution in [1.29, 1.82) is 0 Å². The number of nitrogens with zero attached hydrogens (tertiary/aromatic N) is 2. The predicted molar refractivity (Wildman–Crippen MR) is 174 cm³/mol. The van der Waals surface area contributed by atoms with Gasteiger partial charge in [0.25, 0.3) is 5.91 Å². The summed E-state index contributed by atoms with van der Waals surface area (Å²) in [6.45, 7) is -0.571. The monoisotopic (exact) mass is 721 g/mol. The molecule has 1 aromatic heterocycles. The fourth-order valence-corrected chi connectivity index (χ4v) is 5.12. The summed E-state index contributed by atoms with van der Waals surface area (Å²) in [4.78, 5) is 43.2. The topological polar surface area (TPSA) is 122 Å². The number of carbonyl (C=O) groups is 3. The number of rotatable bonds is 11. The first kappa shape index (κ1) is 33.9. The van der Waals surface area contributed by atoms with E-state index in [-0.39, 0.29) is 29.1 Å². The third kappa shape index (κ3) is 8.48. The molecular formula is C35H27BrF3N3O6. The van der Waals surface area contributed by atoms with Gasteiger partial charge in [-0.15, -0.1) is 0 Å². The van der Waals surface area contributed by atoms with Crippen molar-refractivity contribution in [3.63, 3.8) is 0 Å². The minimum atomic E-state index is -4.68. The van der Waals surface area contributed by atoms with Gasteiger partial charge in [0.2, 0.25) is 11.8 Å². The fourth-order valence-electron chi connectivity index (χ4n) is 4.85. The Bertz CT molecular complexity index is 1930. The number of carboxylic acid groups (broad SMARTS) is 1. The normalized spacial score (nSPS) is 11.2. The van der Waals surface area contributed by atoms with Gasteiger partial charge in [0.05, 0.1) is 19.1 Å². The Morgan fingerprint density at radius 2 is 1.60 bits per heavy atom. The zero-order chi connectivity index (χ0) is 34.4. The molecule has 9 nitrogen and oxygen atoms in total. The molecule has 4 aromatic carbocycles. The zero-order valence-electron chi connectivity index (χ0n) is 25.3. The van der Waals surface area contributed by atoms with Crippen molar-refractivity contribution in [1.82, 2.24) is 9.88 Å². The van der Waals surface area contributed by atoms with Gasteiger partial charge in [0.1, 0.15) is 24.3 Å². The molecule has 0 unspecified atom stereocenters. The number of ether oxygens (including phenoxy) is 1. The smallest absolute Gasteiger partial charge is 0.416 e. The lowest BCUT2D eigenvalue weighted by Crippen LogP contribution is -2.35. The van der Waals surface area contributed by atoms with E-state index in [0.717, 1.165) is 26.6 Å². The largest absolute Gasteiger partial charge is 0.497 e. The van der Waals surface area contributed by atoms with Gasteiger partial charge in [-0.25, -0.2) is 4.98 Å². The molecule has 0 aliphatic heterocycles. The number of hydrogen-bond donors (Lipinski definition) is 2. The number of hydrogen-bond acceptors (Lipinski definition) is 6. The standard InChI is InChI=1S/C35H27BrF3N3O6/c1-47-28-15-10-25(29(17-28)35(37,38)39)16-31(43)40-27-13-8-24(9-14-27)34(46)42(19-32(44)45)18-21-2-4-22(5-3-21)30-20-48-33(41-30)23-6-11-26(36)12-7-23/h2-15,17,20H,16,18-19H2,1H3,(H,40,43)(H,44,45). The van der Waals surface area contributed by atoms with E-state index in [1.165, 1.54) is 49.8 Å². The highest BCUT2D eigenvalue weighted by Gasteiger charge is 2.34. The Morgan fingerprint density at radius 3 is 2.23 bits per heavy atom. The van der Waals surface area contributed by atoms with Crippen LogP contribution in [0, 0.1) is 0 Å². The van der Waals surface area contributed by atoms with Crippen LogP contribution in [0.3, 0.4) is 0 Å². The third-order valence-corrected chi connectivity index (χ3v) is 7.75. The first-order valence-corrected chi connectivity index (χ1v) is 15.1. The molecule has 5 rings (SSSR count). The van der Waals surface area contributed by atoms with E-state index in [1.807, 2.05) is 24.3 Å². The SMILES string of the molecule is COc1ccc(CC(=O)Nc2ccc(C(=O)N(CC(=O)O)Cc3ccc(-c4coc(-c5ccc(Br)cc5)n4)cc3)cc2)c(C(F)(F)F)c1. The molecule has 0 atom stereocenters. The second kappa shape index (κ2) is 14.6. The summed E-state index contributed by atoms with van der Waals surface area (Å²) >= 11 is 3.40. The summed E-state index contributed by atoms with van der Waals surface area (Å²) in [5.74, 6) is -2.00. The fraction of sp³-hybridized carbons (Fsp3) is 0.143. The number of carboxylic acids is 1. The zero-order valence-corrected chi connectivity index (χ0v) is 26.8. The number of alkyl halides is 3. The summed E-state index contributed by atoms with van der Waals surface area (Å²) in [5.41, 5.74) is 2.05. The molecule has 0 aliphatic carbocycles. The average Bonchev–Trinajstić information content (AvgIpc) is 3.55. The van der Waals surface area contributed by atoms with E-state index >= 15 is 0 Å². The Balaban J connectivity index is 1.24. The van der Waals surface area contributed by atoms with Crippen LogP contribution in [0.1, 0.15) is 27.0 Å². The maximum atomic E-state index is 13.5. The van der Waals surface area contributed by atoms with Gasteiger partial charge in [-0.1, -0.05) is 46.3 Å². The minimum absolute atomic E-state index is 0.00371. The Kier molecular flexibility index (Phi) is 10.3. The molecule has 0 spiro atoms. The maximum Gasteiger partial charge on any atom is 0.416 e. The third-order valence-electron chi connectivity index (χ3n) is 7.22. The van der Waals surface area contributed by atoms with Crippen LogP contribution < -0.4 is 10.1 Å². The quantitative estimate of drug-likeness (QED) is 0.143. The first-order valence-electron chi connectivity index (χ1n) is 14.4. The molecule has 0 saturated carbocycles. The number of carbonyl (C=O) groups excluding carboxylic acids is 2. The van der Waals surface area contributed by atoms with Crippen LogP contribution in [0.25, 0.3) is 22.7 Å². The second-order valence-corrected chi connectivity index (χ2v) is 11.5. The maximum absolute atomic E-state index is 13.5. The average molecular weight is 723 g/mol. The molecule has 48 heavy (non-hydrogen) atoms. The van der Waals surface area contributed by atoms with E-state index < -0.39 is 42.5 Å².